The molecule has 0 aromatic carbocycles. The predicted molar refractivity (Wildman–Crippen MR) is 70.4 cm³/mol. The molecule has 3 heterocycles. The Hall–Kier alpha value is -1.40. The number of hydrogen-bond acceptors (Lipinski definition) is 5. The van der Waals surface area contributed by atoms with Crippen LogP contribution in [0.1, 0.15) is 25.7 Å². The lowest BCUT2D eigenvalue weighted by molar-refractivity contribution is -0.384. The quantitative estimate of drug-likeness (QED) is 0.511. The Balaban J connectivity index is 2.03. The van der Waals surface area contributed by atoms with Gasteiger partial charge in [-0.1, -0.05) is 11.6 Å². The van der Waals surface area contributed by atoms with Gasteiger partial charge in [0.1, 0.15) is 5.15 Å². The van der Waals surface area contributed by atoms with E-state index in [2.05, 4.69) is 4.98 Å². The zero-order valence-corrected chi connectivity index (χ0v) is 11.0. The maximum absolute atomic E-state index is 11.1. The summed E-state index contributed by atoms with van der Waals surface area (Å²) in [4.78, 5) is 16.8. The Morgan fingerprint density at radius 1 is 1.37 bits per heavy atom. The maximum atomic E-state index is 11.1. The molecule has 6 nitrogen and oxygen atoms in total. The SMILES string of the molecule is O=[N+]([O-])c1ccc(Cl)nc1N1C2CCC1CC(O)C2. The summed E-state index contributed by atoms with van der Waals surface area (Å²) in [5.74, 6) is 0.344. The molecule has 2 saturated heterocycles. The Bertz CT molecular complexity index is 511. The van der Waals surface area contributed by atoms with Crippen LogP contribution in [0, 0.1) is 10.1 Å². The van der Waals surface area contributed by atoms with E-state index in [9.17, 15) is 15.2 Å². The highest BCUT2D eigenvalue weighted by atomic mass is 35.5. The highest BCUT2D eigenvalue weighted by molar-refractivity contribution is 6.29. The number of aromatic nitrogens is 1. The minimum Gasteiger partial charge on any atom is -0.393 e. The second kappa shape index (κ2) is 4.61. The van der Waals surface area contributed by atoms with Crippen molar-refractivity contribution in [3.63, 3.8) is 0 Å². The molecule has 7 heteroatoms. The van der Waals surface area contributed by atoms with E-state index >= 15 is 0 Å². The molecule has 0 aliphatic carbocycles. The Morgan fingerprint density at radius 3 is 2.58 bits per heavy atom. The first kappa shape index (κ1) is 12.6. The first-order valence-corrected chi connectivity index (χ1v) is 6.71. The molecule has 0 amide bonds. The third kappa shape index (κ3) is 2.15. The molecule has 0 saturated carbocycles. The smallest absolute Gasteiger partial charge is 0.311 e. The number of pyridine rings is 1. The first-order valence-electron chi connectivity index (χ1n) is 6.33. The number of rotatable bonds is 2. The summed E-state index contributed by atoms with van der Waals surface area (Å²) >= 11 is 5.88. The van der Waals surface area contributed by atoms with Gasteiger partial charge in [-0.15, -0.1) is 0 Å². The summed E-state index contributed by atoms with van der Waals surface area (Å²) in [5, 5.41) is 21.2. The average Bonchev–Trinajstić information content (AvgIpc) is 2.61. The standard InChI is InChI=1S/C12H14ClN3O3/c13-11-4-3-10(16(18)19)12(14-11)15-7-1-2-8(15)6-9(17)5-7/h3-4,7-9,17H,1-2,5-6H2. The second-order valence-electron chi connectivity index (χ2n) is 5.15. The van der Waals surface area contributed by atoms with Crippen molar-refractivity contribution in [2.24, 2.45) is 0 Å². The van der Waals surface area contributed by atoms with E-state index < -0.39 is 4.92 Å². The van der Waals surface area contributed by atoms with Crippen LogP contribution in [0.5, 0.6) is 0 Å². The molecule has 2 aliphatic rings. The zero-order chi connectivity index (χ0) is 13.6. The van der Waals surface area contributed by atoms with Gasteiger partial charge >= 0.3 is 5.69 Å². The van der Waals surface area contributed by atoms with Crippen molar-refractivity contribution in [1.82, 2.24) is 4.98 Å². The number of aliphatic hydroxyl groups is 1. The van der Waals surface area contributed by atoms with Gasteiger partial charge in [0, 0.05) is 18.2 Å². The van der Waals surface area contributed by atoms with Gasteiger partial charge in [0.2, 0.25) is 5.82 Å². The molecular weight excluding hydrogens is 270 g/mol. The van der Waals surface area contributed by atoms with Crippen LogP contribution in [0.15, 0.2) is 12.1 Å². The predicted octanol–water partition coefficient (Wildman–Crippen LogP) is 2.14. The lowest BCUT2D eigenvalue weighted by atomic mass is 10.00. The van der Waals surface area contributed by atoms with Crippen LogP contribution in [0.25, 0.3) is 0 Å². The van der Waals surface area contributed by atoms with Crippen molar-refractivity contribution in [1.29, 1.82) is 0 Å². The van der Waals surface area contributed by atoms with Crippen LogP contribution in [0.2, 0.25) is 5.15 Å². The van der Waals surface area contributed by atoms with E-state index in [-0.39, 0.29) is 29.0 Å². The van der Waals surface area contributed by atoms with Crippen molar-refractivity contribution in [2.75, 3.05) is 4.90 Å². The number of nitrogens with zero attached hydrogens (tertiary/aromatic N) is 3. The number of anilines is 1. The Labute approximate surface area is 115 Å². The summed E-state index contributed by atoms with van der Waals surface area (Å²) in [5.41, 5.74) is -0.0160. The number of aliphatic hydroxyl groups excluding tert-OH is 1. The summed E-state index contributed by atoms with van der Waals surface area (Å²) in [6, 6.07) is 3.08. The summed E-state index contributed by atoms with van der Waals surface area (Å²) in [6.45, 7) is 0. The molecule has 2 aliphatic heterocycles. The number of piperidine rings is 1. The molecule has 2 bridgehead atoms. The summed E-state index contributed by atoms with van der Waals surface area (Å²) in [6.07, 6.45) is 2.84. The monoisotopic (exact) mass is 283 g/mol. The largest absolute Gasteiger partial charge is 0.393 e. The topological polar surface area (TPSA) is 79.5 Å². The number of hydrogen-bond donors (Lipinski definition) is 1. The van der Waals surface area contributed by atoms with Crippen LogP contribution in [0.4, 0.5) is 11.5 Å². The molecule has 1 aromatic rings. The molecule has 19 heavy (non-hydrogen) atoms. The van der Waals surface area contributed by atoms with Gasteiger partial charge in [0.25, 0.3) is 0 Å². The van der Waals surface area contributed by atoms with E-state index in [1.807, 2.05) is 4.90 Å². The third-order valence-corrected chi connectivity index (χ3v) is 4.18. The molecule has 3 rings (SSSR count). The van der Waals surface area contributed by atoms with Gasteiger partial charge in [-0.3, -0.25) is 10.1 Å². The number of fused-ring (bicyclic) bond motifs is 2. The Kier molecular flexibility index (Phi) is 3.06. The number of nitro groups is 1. The van der Waals surface area contributed by atoms with Gasteiger partial charge in [0.15, 0.2) is 0 Å². The van der Waals surface area contributed by atoms with Crippen LogP contribution in [-0.2, 0) is 0 Å². The molecule has 0 radical (unpaired) electrons. The minimum absolute atomic E-state index is 0.0160. The fraction of sp³-hybridized carbons (Fsp3) is 0.583. The average molecular weight is 284 g/mol. The van der Waals surface area contributed by atoms with E-state index in [1.165, 1.54) is 12.1 Å². The highest BCUT2D eigenvalue weighted by Gasteiger charge is 2.43. The van der Waals surface area contributed by atoms with E-state index in [0.717, 1.165) is 12.8 Å². The van der Waals surface area contributed by atoms with E-state index in [4.69, 9.17) is 11.6 Å². The fourth-order valence-electron chi connectivity index (χ4n) is 3.24. The molecule has 2 atom stereocenters. The van der Waals surface area contributed by atoms with E-state index in [1.54, 1.807) is 0 Å². The first-order chi connectivity index (χ1) is 9.06. The second-order valence-corrected chi connectivity index (χ2v) is 5.54. The van der Waals surface area contributed by atoms with E-state index in [0.29, 0.717) is 18.7 Å². The lowest BCUT2D eigenvalue weighted by Gasteiger charge is -2.37. The molecule has 102 valence electrons. The normalized spacial score (nSPS) is 29.6. The summed E-state index contributed by atoms with van der Waals surface area (Å²) < 4.78 is 0. The molecule has 0 spiro atoms. The molecule has 2 unspecified atom stereocenters. The maximum Gasteiger partial charge on any atom is 0.311 e. The Morgan fingerprint density at radius 2 is 2.00 bits per heavy atom. The van der Waals surface area contributed by atoms with Crippen molar-refractivity contribution < 1.29 is 10.0 Å². The number of halogens is 1. The lowest BCUT2D eigenvalue weighted by Crippen LogP contribution is -2.45. The van der Waals surface area contributed by atoms with Crippen molar-refractivity contribution in [3.8, 4) is 0 Å². The molecule has 2 fully saturated rings. The fourth-order valence-corrected chi connectivity index (χ4v) is 3.39. The highest BCUT2D eigenvalue weighted by Crippen LogP contribution is 2.42. The van der Waals surface area contributed by atoms with Gasteiger partial charge in [-0.05, 0) is 31.7 Å². The minimum atomic E-state index is -0.427. The van der Waals surface area contributed by atoms with Crippen LogP contribution in [0.3, 0.4) is 0 Å². The molecule has 1 N–H and O–H groups in total. The van der Waals surface area contributed by atoms with Crippen molar-refractivity contribution in [2.45, 2.75) is 43.9 Å². The van der Waals surface area contributed by atoms with Gasteiger partial charge in [0.05, 0.1) is 11.0 Å². The van der Waals surface area contributed by atoms with Crippen molar-refractivity contribution in [3.05, 3.63) is 27.4 Å². The summed E-state index contributed by atoms with van der Waals surface area (Å²) in [7, 11) is 0. The van der Waals surface area contributed by atoms with Crippen LogP contribution >= 0.6 is 11.6 Å². The molecular formula is C12H14ClN3O3. The van der Waals surface area contributed by atoms with Gasteiger partial charge in [-0.2, -0.15) is 0 Å². The van der Waals surface area contributed by atoms with Gasteiger partial charge < -0.3 is 10.0 Å². The van der Waals surface area contributed by atoms with Crippen molar-refractivity contribution >= 4 is 23.1 Å². The van der Waals surface area contributed by atoms with Crippen LogP contribution < -0.4 is 4.90 Å². The zero-order valence-electron chi connectivity index (χ0n) is 10.2. The third-order valence-electron chi connectivity index (χ3n) is 3.97. The van der Waals surface area contributed by atoms with Crippen LogP contribution in [-0.4, -0.2) is 33.2 Å². The molecule has 1 aromatic heterocycles. The van der Waals surface area contributed by atoms with Gasteiger partial charge in [-0.25, -0.2) is 4.98 Å².